The van der Waals surface area contributed by atoms with Crippen LogP contribution in [-0.2, 0) is 17.9 Å². The van der Waals surface area contributed by atoms with Crippen molar-refractivity contribution in [3.8, 4) is 0 Å². The maximum absolute atomic E-state index is 10.9. The lowest BCUT2D eigenvalue weighted by atomic mass is 10.0. The third-order valence-corrected chi connectivity index (χ3v) is 4.46. The first-order valence-corrected chi connectivity index (χ1v) is 7.51. The van der Waals surface area contributed by atoms with Crippen molar-refractivity contribution in [1.29, 1.82) is 0 Å². The van der Waals surface area contributed by atoms with E-state index in [-0.39, 0.29) is 0 Å². The van der Waals surface area contributed by atoms with Gasteiger partial charge in [-0.3, -0.25) is 4.79 Å². The summed E-state index contributed by atoms with van der Waals surface area (Å²) in [6.07, 6.45) is 0. The Kier molecular flexibility index (Phi) is 4.93. The maximum Gasteiger partial charge on any atom is 0.310 e. The molecule has 0 aliphatic heterocycles. The highest BCUT2D eigenvalue weighted by Gasteiger charge is 2.12. The average Bonchev–Trinajstić information content (AvgIpc) is 2.84. The summed E-state index contributed by atoms with van der Waals surface area (Å²) < 4.78 is 0. The minimum absolute atomic E-state index is 0.453. The number of thiophene rings is 1. The molecule has 1 atom stereocenters. The van der Waals surface area contributed by atoms with Gasteiger partial charge >= 0.3 is 5.97 Å². The summed E-state index contributed by atoms with van der Waals surface area (Å²) in [6, 6.07) is 9.90. The van der Waals surface area contributed by atoms with Crippen molar-refractivity contribution >= 4 is 17.3 Å². The molecule has 2 aromatic rings. The molecule has 0 spiro atoms. The van der Waals surface area contributed by atoms with Crippen LogP contribution in [0.25, 0.3) is 0 Å². The number of carboxylic acids is 1. The Morgan fingerprint density at radius 3 is 2.50 bits per heavy atom. The molecule has 1 unspecified atom stereocenters. The van der Waals surface area contributed by atoms with Gasteiger partial charge in [-0.1, -0.05) is 24.3 Å². The molecule has 106 valence electrons. The number of hydrogen-bond acceptors (Lipinski definition) is 3. The molecule has 2 N–H and O–H groups in total. The zero-order valence-electron chi connectivity index (χ0n) is 11.7. The van der Waals surface area contributed by atoms with Crippen molar-refractivity contribution in [2.75, 3.05) is 0 Å². The third-order valence-electron chi connectivity index (χ3n) is 3.43. The summed E-state index contributed by atoms with van der Waals surface area (Å²) in [5.74, 6) is -1.24. The zero-order valence-corrected chi connectivity index (χ0v) is 12.5. The van der Waals surface area contributed by atoms with Crippen molar-refractivity contribution in [3.63, 3.8) is 0 Å². The van der Waals surface area contributed by atoms with Crippen LogP contribution in [-0.4, -0.2) is 11.1 Å². The molecule has 0 fully saturated rings. The van der Waals surface area contributed by atoms with Gasteiger partial charge in [0.1, 0.15) is 0 Å². The van der Waals surface area contributed by atoms with Crippen LogP contribution in [0.5, 0.6) is 0 Å². The second-order valence-electron chi connectivity index (χ2n) is 4.93. The number of hydrogen-bond donors (Lipinski definition) is 2. The van der Waals surface area contributed by atoms with Crippen LogP contribution >= 0.6 is 11.3 Å². The normalized spacial score (nSPS) is 12.3. The summed E-state index contributed by atoms with van der Waals surface area (Å²) in [5, 5.41) is 14.5. The van der Waals surface area contributed by atoms with E-state index in [1.807, 2.05) is 24.3 Å². The van der Waals surface area contributed by atoms with E-state index < -0.39 is 11.9 Å². The Morgan fingerprint density at radius 1 is 1.25 bits per heavy atom. The summed E-state index contributed by atoms with van der Waals surface area (Å²) in [7, 11) is 0. The molecule has 0 bridgehead atoms. The largest absolute Gasteiger partial charge is 0.481 e. The molecule has 0 aliphatic rings. The lowest BCUT2D eigenvalue weighted by Crippen LogP contribution is -2.12. The summed E-state index contributed by atoms with van der Waals surface area (Å²) in [4.78, 5) is 12.3. The molecular formula is C16H19NO2S. The fourth-order valence-electron chi connectivity index (χ4n) is 1.97. The van der Waals surface area contributed by atoms with Crippen LogP contribution in [0, 0.1) is 6.92 Å². The van der Waals surface area contributed by atoms with Crippen molar-refractivity contribution < 1.29 is 9.90 Å². The topological polar surface area (TPSA) is 49.3 Å². The Bertz CT molecular complexity index is 574. The standard InChI is InChI=1S/C16H19NO2S/c1-11-7-8-20-15(11)10-17-9-13-3-5-14(6-4-13)12(2)16(18)19/h3-8,12,17H,9-10H2,1-2H3,(H,18,19). The van der Waals surface area contributed by atoms with Gasteiger partial charge in [0.25, 0.3) is 0 Å². The Balaban J connectivity index is 1.88. The lowest BCUT2D eigenvalue weighted by Gasteiger charge is -2.08. The molecule has 4 heteroatoms. The van der Waals surface area contributed by atoms with Crippen molar-refractivity contribution in [2.24, 2.45) is 0 Å². The SMILES string of the molecule is Cc1ccsc1CNCc1ccc(C(C)C(=O)O)cc1. The van der Waals surface area contributed by atoms with Gasteiger partial charge in [0.05, 0.1) is 5.92 Å². The highest BCUT2D eigenvalue weighted by Crippen LogP contribution is 2.17. The zero-order chi connectivity index (χ0) is 14.5. The molecule has 0 saturated heterocycles. The number of aliphatic carboxylic acids is 1. The van der Waals surface area contributed by atoms with Crippen LogP contribution in [0.1, 0.15) is 34.4 Å². The molecule has 1 heterocycles. The van der Waals surface area contributed by atoms with Gasteiger partial charge in [-0.2, -0.15) is 0 Å². The predicted octanol–water partition coefficient (Wildman–Crippen LogP) is 3.53. The second-order valence-corrected chi connectivity index (χ2v) is 5.93. The van der Waals surface area contributed by atoms with Crippen LogP contribution in [0.3, 0.4) is 0 Å². The summed E-state index contributed by atoms with van der Waals surface area (Å²) >= 11 is 1.77. The van der Waals surface area contributed by atoms with Gasteiger partial charge in [-0.25, -0.2) is 0 Å². The molecule has 0 aliphatic carbocycles. The molecule has 0 amide bonds. The van der Waals surface area contributed by atoms with Crippen LogP contribution in [0.15, 0.2) is 35.7 Å². The first-order chi connectivity index (χ1) is 9.58. The van der Waals surface area contributed by atoms with E-state index in [4.69, 9.17) is 5.11 Å². The monoisotopic (exact) mass is 289 g/mol. The van der Waals surface area contributed by atoms with E-state index >= 15 is 0 Å². The van der Waals surface area contributed by atoms with E-state index in [0.717, 1.165) is 18.7 Å². The highest BCUT2D eigenvalue weighted by molar-refractivity contribution is 7.10. The Hall–Kier alpha value is -1.65. The predicted molar refractivity (Wildman–Crippen MR) is 82.1 cm³/mol. The van der Waals surface area contributed by atoms with Gasteiger partial charge in [0.15, 0.2) is 0 Å². The fourth-order valence-corrected chi connectivity index (χ4v) is 2.85. The van der Waals surface area contributed by atoms with Gasteiger partial charge in [-0.15, -0.1) is 11.3 Å². The number of nitrogens with one attached hydrogen (secondary N) is 1. The molecule has 20 heavy (non-hydrogen) atoms. The minimum atomic E-state index is -0.788. The minimum Gasteiger partial charge on any atom is -0.481 e. The number of aryl methyl sites for hydroxylation is 1. The molecular weight excluding hydrogens is 270 g/mol. The van der Waals surface area contributed by atoms with Crippen molar-refractivity contribution in [3.05, 3.63) is 57.3 Å². The molecule has 1 aromatic carbocycles. The number of benzene rings is 1. The number of carbonyl (C=O) groups is 1. The van der Waals surface area contributed by atoms with E-state index in [1.165, 1.54) is 16.0 Å². The Labute approximate surface area is 123 Å². The van der Waals surface area contributed by atoms with E-state index in [9.17, 15) is 4.79 Å². The number of carboxylic acid groups (broad SMARTS) is 1. The van der Waals surface area contributed by atoms with E-state index in [2.05, 4.69) is 23.7 Å². The Morgan fingerprint density at radius 2 is 1.95 bits per heavy atom. The highest BCUT2D eigenvalue weighted by atomic mass is 32.1. The molecule has 0 saturated carbocycles. The first-order valence-electron chi connectivity index (χ1n) is 6.63. The quantitative estimate of drug-likeness (QED) is 0.855. The summed E-state index contributed by atoms with van der Waals surface area (Å²) in [5.41, 5.74) is 3.34. The van der Waals surface area contributed by atoms with Gasteiger partial charge in [0, 0.05) is 18.0 Å². The van der Waals surface area contributed by atoms with Crippen molar-refractivity contribution in [1.82, 2.24) is 5.32 Å². The van der Waals surface area contributed by atoms with Crippen molar-refractivity contribution in [2.45, 2.75) is 32.9 Å². The smallest absolute Gasteiger partial charge is 0.310 e. The van der Waals surface area contributed by atoms with Crippen LogP contribution in [0.4, 0.5) is 0 Å². The van der Waals surface area contributed by atoms with E-state index in [1.54, 1.807) is 18.3 Å². The van der Waals surface area contributed by atoms with Gasteiger partial charge in [-0.05, 0) is 42.0 Å². The van der Waals surface area contributed by atoms with E-state index in [0.29, 0.717) is 0 Å². The average molecular weight is 289 g/mol. The second kappa shape index (κ2) is 6.68. The molecule has 2 rings (SSSR count). The van der Waals surface area contributed by atoms with Crippen LogP contribution in [0.2, 0.25) is 0 Å². The summed E-state index contributed by atoms with van der Waals surface area (Å²) in [6.45, 7) is 5.49. The maximum atomic E-state index is 10.9. The van der Waals surface area contributed by atoms with Gasteiger partial charge in [0.2, 0.25) is 0 Å². The fraction of sp³-hybridized carbons (Fsp3) is 0.312. The molecule has 3 nitrogen and oxygen atoms in total. The lowest BCUT2D eigenvalue weighted by molar-refractivity contribution is -0.138. The van der Waals surface area contributed by atoms with Gasteiger partial charge < -0.3 is 10.4 Å². The third kappa shape index (κ3) is 3.68. The van der Waals surface area contributed by atoms with Crippen LogP contribution < -0.4 is 5.32 Å². The number of rotatable bonds is 6. The molecule has 0 radical (unpaired) electrons. The molecule has 1 aromatic heterocycles. The first kappa shape index (κ1) is 14.8.